The fourth-order valence-corrected chi connectivity index (χ4v) is 3.02. The van der Waals surface area contributed by atoms with Crippen molar-refractivity contribution in [1.29, 1.82) is 5.26 Å². The SMILES string of the molecule is COc1nnc(Cl)cc1CN1C=NC(C(F)F)=C(Oc2cc(Cl)cc(C#N)c2)C1O. The van der Waals surface area contributed by atoms with E-state index in [1.165, 1.54) is 36.3 Å². The molecule has 0 aliphatic carbocycles. The van der Waals surface area contributed by atoms with E-state index in [4.69, 9.17) is 37.9 Å². The van der Waals surface area contributed by atoms with Gasteiger partial charge in [0, 0.05) is 10.6 Å². The zero-order valence-corrected chi connectivity index (χ0v) is 16.8. The molecule has 0 spiro atoms. The first-order valence-corrected chi connectivity index (χ1v) is 9.02. The topological polar surface area (TPSA) is 104 Å². The monoisotopic (exact) mass is 455 g/mol. The Morgan fingerprint density at radius 1 is 1.27 bits per heavy atom. The summed E-state index contributed by atoms with van der Waals surface area (Å²) in [6.07, 6.45) is -3.60. The number of benzene rings is 1. The van der Waals surface area contributed by atoms with Crippen LogP contribution >= 0.6 is 23.2 Å². The Morgan fingerprint density at radius 3 is 2.70 bits per heavy atom. The molecule has 1 aliphatic heterocycles. The molecule has 30 heavy (non-hydrogen) atoms. The van der Waals surface area contributed by atoms with E-state index in [0.717, 1.165) is 6.34 Å². The van der Waals surface area contributed by atoms with Crippen LogP contribution in [0, 0.1) is 11.3 Å². The van der Waals surface area contributed by atoms with Crippen LogP contribution in [0.25, 0.3) is 0 Å². The molecule has 12 heteroatoms. The Kier molecular flexibility index (Phi) is 6.66. The number of aliphatic hydroxyl groups is 1. The van der Waals surface area contributed by atoms with E-state index in [2.05, 4.69) is 15.2 Å². The minimum atomic E-state index is -3.02. The molecule has 0 fully saturated rings. The molecule has 8 nitrogen and oxygen atoms in total. The van der Waals surface area contributed by atoms with Gasteiger partial charge in [-0.05, 0) is 24.3 Å². The third kappa shape index (κ3) is 4.76. The smallest absolute Gasteiger partial charge is 0.283 e. The Hall–Kier alpha value is -3.00. The van der Waals surface area contributed by atoms with Crippen molar-refractivity contribution in [3.8, 4) is 17.7 Å². The highest BCUT2D eigenvalue weighted by Gasteiger charge is 2.32. The highest BCUT2D eigenvalue weighted by molar-refractivity contribution is 6.30. The van der Waals surface area contributed by atoms with Crippen LogP contribution in [-0.2, 0) is 6.54 Å². The summed E-state index contributed by atoms with van der Waals surface area (Å²) in [5.41, 5.74) is -0.169. The van der Waals surface area contributed by atoms with Crippen molar-refractivity contribution in [2.75, 3.05) is 7.11 Å². The minimum Gasteiger partial charge on any atom is -0.480 e. The van der Waals surface area contributed by atoms with Crippen LogP contribution in [0.15, 0.2) is 40.7 Å². The number of ether oxygens (including phenoxy) is 2. The largest absolute Gasteiger partial charge is 0.480 e. The van der Waals surface area contributed by atoms with Crippen molar-refractivity contribution in [3.05, 3.63) is 57.0 Å². The lowest BCUT2D eigenvalue weighted by Crippen LogP contribution is -2.40. The van der Waals surface area contributed by atoms with Crippen molar-refractivity contribution >= 4 is 29.5 Å². The molecular weight excluding hydrogens is 443 g/mol. The molecule has 0 amide bonds. The van der Waals surface area contributed by atoms with Gasteiger partial charge in [-0.3, -0.25) is 0 Å². The van der Waals surface area contributed by atoms with Crippen molar-refractivity contribution < 1.29 is 23.4 Å². The summed E-state index contributed by atoms with van der Waals surface area (Å²) in [6.45, 7) is -0.0501. The maximum absolute atomic E-state index is 13.5. The first kappa shape index (κ1) is 21.7. The second-order valence-corrected chi connectivity index (χ2v) is 6.76. The van der Waals surface area contributed by atoms with E-state index < -0.39 is 24.1 Å². The highest BCUT2D eigenvalue weighted by atomic mass is 35.5. The lowest BCUT2D eigenvalue weighted by molar-refractivity contribution is 0.0404. The van der Waals surface area contributed by atoms with Crippen molar-refractivity contribution in [2.24, 2.45) is 4.99 Å². The van der Waals surface area contributed by atoms with Gasteiger partial charge in [0.2, 0.25) is 5.88 Å². The number of alkyl halides is 2. The number of methoxy groups -OCH3 is 1. The van der Waals surface area contributed by atoms with Gasteiger partial charge < -0.3 is 19.5 Å². The number of hydrogen-bond acceptors (Lipinski definition) is 8. The van der Waals surface area contributed by atoms with Gasteiger partial charge in [0.1, 0.15) is 5.75 Å². The Labute approximate surface area is 179 Å². The Morgan fingerprint density at radius 2 is 2.03 bits per heavy atom. The van der Waals surface area contributed by atoms with E-state index in [1.807, 2.05) is 6.07 Å². The number of aliphatic hydroxyl groups excluding tert-OH is 1. The molecule has 0 radical (unpaired) electrons. The molecule has 1 unspecified atom stereocenters. The van der Waals surface area contributed by atoms with Crippen LogP contribution in [0.2, 0.25) is 10.2 Å². The molecule has 0 saturated heterocycles. The second-order valence-electron chi connectivity index (χ2n) is 5.93. The Bertz CT molecular complexity index is 1060. The van der Waals surface area contributed by atoms with Gasteiger partial charge in [0.25, 0.3) is 6.43 Å². The summed E-state index contributed by atoms with van der Waals surface area (Å²) in [5.74, 6) is -0.375. The number of allylic oxidation sites excluding steroid dienone is 1. The molecule has 0 bridgehead atoms. The number of aliphatic imine (C=N–C) groups is 1. The summed E-state index contributed by atoms with van der Waals surface area (Å²) < 4.78 is 37.6. The molecule has 0 saturated carbocycles. The predicted molar refractivity (Wildman–Crippen MR) is 103 cm³/mol. The first-order chi connectivity index (χ1) is 14.3. The third-order valence-electron chi connectivity index (χ3n) is 3.93. The fraction of sp³-hybridized carbons (Fsp3) is 0.222. The fourth-order valence-electron chi connectivity index (χ4n) is 2.63. The molecule has 1 atom stereocenters. The zero-order valence-electron chi connectivity index (χ0n) is 15.3. The van der Waals surface area contributed by atoms with Crippen molar-refractivity contribution in [1.82, 2.24) is 15.1 Å². The Balaban J connectivity index is 1.93. The van der Waals surface area contributed by atoms with Crippen molar-refractivity contribution in [2.45, 2.75) is 19.2 Å². The van der Waals surface area contributed by atoms with Gasteiger partial charge in [-0.15, -0.1) is 10.2 Å². The normalized spacial score (nSPS) is 16.1. The van der Waals surface area contributed by atoms with Crippen LogP contribution in [0.3, 0.4) is 0 Å². The quantitative estimate of drug-likeness (QED) is 0.711. The standard InChI is InChI=1S/C18H13Cl2F2N5O3/c1-29-17-10(4-13(20)25-26-17)7-27-8-24-14(16(21)22)15(18(27)28)30-12-3-9(6-23)2-11(19)5-12/h2-5,8,16,18,28H,7H2,1H3. The van der Waals surface area contributed by atoms with Gasteiger partial charge in [-0.2, -0.15) is 5.26 Å². The van der Waals surface area contributed by atoms with E-state index in [0.29, 0.717) is 5.56 Å². The lowest BCUT2D eigenvalue weighted by atomic mass is 10.2. The van der Waals surface area contributed by atoms with Crippen LogP contribution in [0.4, 0.5) is 8.78 Å². The van der Waals surface area contributed by atoms with Gasteiger partial charge in [-0.25, -0.2) is 13.8 Å². The van der Waals surface area contributed by atoms with Crippen LogP contribution in [0.5, 0.6) is 11.6 Å². The molecule has 1 aromatic carbocycles. The number of nitrogens with zero attached hydrogens (tertiary/aromatic N) is 5. The van der Waals surface area contributed by atoms with Crippen molar-refractivity contribution in [3.63, 3.8) is 0 Å². The number of nitriles is 1. The van der Waals surface area contributed by atoms with E-state index in [9.17, 15) is 13.9 Å². The maximum Gasteiger partial charge on any atom is 0.283 e. The molecule has 3 rings (SSSR count). The van der Waals surface area contributed by atoms with Gasteiger partial charge in [-0.1, -0.05) is 23.2 Å². The average Bonchev–Trinajstić information content (AvgIpc) is 2.70. The minimum absolute atomic E-state index is 0.00509. The second kappa shape index (κ2) is 9.21. The number of hydrogen-bond donors (Lipinski definition) is 1. The molecular formula is C18H13Cl2F2N5O3. The molecule has 156 valence electrons. The summed E-state index contributed by atoms with van der Waals surface area (Å²) in [6, 6.07) is 7.34. The maximum atomic E-state index is 13.5. The molecule has 1 aromatic heterocycles. The van der Waals surface area contributed by atoms with Crippen LogP contribution < -0.4 is 9.47 Å². The van der Waals surface area contributed by atoms with E-state index in [-0.39, 0.29) is 33.9 Å². The summed E-state index contributed by atoms with van der Waals surface area (Å²) >= 11 is 11.8. The molecule has 2 aromatic rings. The molecule has 1 aliphatic rings. The predicted octanol–water partition coefficient (Wildman–Crippen LogP) is 3.38. The van der Waals surface area contributed by atoms with Gasteiger partial charge in [0.15, 0.2) is 22.8 Å². The summed E-state index contributed by atoms with van der Waals surface area (Å²) in [5, 5.41) is 27.4. The third-order valence-corrected chi connectivity index (χ3v) is 4.33. The average molecular weight is 456 g/mol. The molecule has 2 heterocycles. The number of aromatic nitrogens is 2. The summed E-state index contributed by atoms with van der Waals surface area (Å²) in [4.78, 5) is 4.93. The van der Waals surface area contributed by atoms with Gasteiger partial charge >= 0.3 is 0 Å². The lowest BCUT2D eigenvalue weighted by Gasteiger charge is -2.31. The first-order valence-electron chi connectivity index (χ1n) is 8.27. The van der Waals surface area contributed by atoms with E-state index in [1.54, 1.807) is 0 Å². The van der Waals surface area contributed by atoms with E-state index >= 15 is 0 Å². The molecule has 1 N–H and O–H groups in total. The zero-order chi connectivity index (χ0) is 21.8. The number of rotatable bonds is 6. The van der Waals surface area contributed by atoms with Crippen LogP contribution in [-0.4, -0.2) is 46.3 Å². The van der Waals surface area contributed by atoms with Crippen LogP contribution in [0.1, 0.15) is 11.1 Å². The van der Waals surface area contributed by atoms with Gasteiger partial charge in [0.05, 0.1) is 31.6 Å². The summed E-state index contributed by atoms with van der Waals surface area (Å²) in [7, 11) is 1.37. The highest BCUT2D eigenvalue weighted by Crippen LogP contribution is 2.30. The number of halogens is 4.